The highest BCUT2D eigenvalue weighted by molar-refractivity contribution is 9.10. The van der Waals surface area contributed by atoms with Crippen molar-refractivity contribution in [3.63, 3.8) is 0 Å². The molecule has 19 heavy (non-hydrogen) atoms. The van der Waals surface area contributed by atoms with Crippen molar-refractivity contribution in [2.75, 3.05) is 7.11 Å². The summed E-state index contributed by atoms with van der Waals surface area (Å²) in [5, 5.41) is 9.65. The first-order valence-corrected chi connectivity index (χ1v) is 7.23. The van der Waals surface area contributed by atoms with E-state index in [1.165, 1.54) is 0 Å². The van der Waals surface area contributed by atoms with E-state index in [0.29, 0.717) is 0 Å². The van der Waals surface area contributed by atoms with Crippen LogP contribution in [-0.4, -0.2) is 18.2 Å². The Morgan fingerprint density at radius 2 is 1.79 bits per heavy atom. The summed E-state index contributed by atoms with van der Waals surface area (Å²) < 4.78 is 6.30. The molecule has 0 heterocycles. The Balaban J connectivity index is 2.75. The summed E-state index contributed by atoms with van der Waals surface area (Å²) in [5.74, 6) is 0.0972. The predicted octanol–water partition coefficient (Wildman–Crippen LogP) is 3.89. The van der Waals surface area contributed by atoms with Gasteiger partial charge < -0.3 is 9.84 Å². The molecule has 0 atom stereocenters. The van der Waals surface area contributed by atoms with Crippen LogP contribution in [-0.2, 0) is 10.2 Å². The van der Waals surface area contributed by atoms with Crippen LogP contribution >= 0.6 is 15.9 Å². The van der Waals surface area contributed by atoms with Crippen LogP contribution in [0.15, 0.2) is 4.47 Å². The summed E-state index contributed by atoms with van der Waals surface area (Å²) in [5.41, 5.74) is 3.31. The molecule has 1 aromatic rings. The van der Waals surface area contributed by atoms with Gasteiger partial charge in [-0.05, 0) is 71.8 Å². The monoisotopic (exact) mass is 326 g/mol. The van der Waals surface area contributed by atoms with Gasteiger partial charge in [-0.3, -0.25) is 4.79 Å². The Morgan fingerprint density at radius 3 is 2.16 bits per heavy atom. The number of methoxy groups -OCH3 is 1. The zero-order valence-electron chi connectivity index (χ0n) is 11.8. The minimum absolute atomic E-state index is 0.701. The fraction of sp³-hybridized carbons (Fsp3) is 0.533. The van der Waals surface area contributed by atoms with Gasteiger partial charge >= 0.3 is 5.97 Å². The van der Waals surface area contributed by atoms with E-state index >= 15 is 0 Å². The zero-order valence-corrected chi connectivity index (χ0v) is 13.3. The first-order chi connectivity index (χ1) is 8.86. The lowest BCUT2D eigenvalue weighted by molar-refractivity contribution is -0.147. The summed E-state index contributed by atoms with van der Waals surface area (Å²) in [6.07, 6.45) is 2.43. The van der Waals surface area contributed by atoms with Crippen LogP contribution in [0.5, 0.6) is 5.75 Å². The second kappa shape index (κ2) is 4.82. The highest BCUT2D eigenvalue weighted by Crippen LogP contribution is 2.50. The lowest BCUT2D eigenvalue weighted by Crippen LogP contribution is -2.43. The van der Waals surface area contributed by atoms with Crippen molar-refractivity contribution in [3.8, 4) is 5.75 Å². The number of aliphatic carboxylic acids is 1. The van der Waals surface area contributed by atoms with Crippen molar-refractivity contribution in [1.29, 1.82) is 0 Å². The second-order valence-electron chi connectivity index (χ2n) is 5.34. The van der Waals surface area contributed by atoms with Gasteiger partial charge in [0.1, 0.15) is 5.75 Å². The van der Waals surface area contributed by atoms with E-state index in [9.17, 15) is 9.90 Å². The highest BCUT2D eigenvalue weighted by atomic mass is 79.9. The van der Waals surface area contributed by atoms with Crippen molar-refractivity contribution in [3.05, 3.63) is 26.7 Å². The largest absolute Gasteiger partial charge is 0.495 e. The third-order valence-corrected chi connectivity index (χ3v) is 5.44. The van der Waals surface area contributed by atoms with Crippen LogP contribution in [0.4, 0.5) is 0 Å². The molecule has 4 heteroatoms. The molecule has 0 bridgehead atoms. The fourth-order valence-corrected chi connectivity index (χ4v) is 3.80. The first kappa shape index (κ1) is 14.4. The molecule has 1 aromatic carbocycles. The Morgan fingerprint density at radius 1 is 1.21 bits per heavy atom. The predicted molar refractivity (Wildman–Crippen MR) is 78.1 cm³/mol. The van der Waals surface area contributed by atoms with Gasteiger partial charge in [0.15, 0.2) is 0 Å². The maximum atomic E-state index is 11.7. The molecule has 1 aliphatic carbocycles. The Bertz CT molecular complexity index is 516. The topological polar surface area (TPSA) is 46.5 Å². The van der Waals surface area contributed by atoms with E-state index in [2.05, 4.69) is 15.9 Å². The van der Waals surface area contributed by atoms with Crippen molar-refractivity contribution >= 4 is 21.9 Å². The maximum absolute atomic E-state index is 11.7. The maximum Gasteiger partial charge on any atom is 0.314 e. The van der Waals surface area contributed by atoms with E-state index in [1.807, 2.05) is 20.8 Å². The standard InChI is InChI=1S/C15H19BrO3/c1-8-9(2)13(19-4)12(16)10(3)11(8)15(14(17)18)6-5-7-15/h5-7H2,1-4H3,(H,17,18). The van der Waals surface area contributed by atoms with E-state index in [4.69, 9.17) is 4.74 Å². The SMILES string of the molecule is COc1c(C)c(C)c(C2(C(=O)O)CCC2)c(C)c1Br. The molecule has 1 aliphatic rings. The number of ether oxygens (including phenoxy) is 1. The van der Waals surface area contributed by atoms with Gasteiger partial charge in [-0.15, -0.1) is 0 Å². The number of benzene rings is 1. The molecular formula is C15H19BrO3. The zero-order chi connectivity index (χ0) is 14.4. The number of hydrogen-bond donors (Lipinski definition) is 1. The van der Waals surface area contributed by atoms with Crippen LogP contribution in [0, 0.1) is 20.8 Å². The normalized spacial score (nSPS) is 16.9. The van der Waals surface area contributed by atoms with Gasteiger partial charge in [-0.25, -0.2) is 0 Å². The van der Waals surface area contributed by atoms with Crippen LogP contribution in [0.25, 0.3) is 0 Å². The number of carboxylic acid groups (broad SMARTS) is 1. The second-order valence-corrected chi connectivity index (χ2v) is 6.13. The lowest BCUT2D eigenvalue weighted by atomic mass is 9.62. The molecule has 0 radical (unpaired) electrons. The van der Waals surface area contributed by atoms with Gasteiger partial charge in [-0.2, -0.15) is 0 Å². The summed E-state index contributed by atoms with van der Waals surface area (Å²) in [7, 11) is 1.64. The number of rotatable bonds is 3. The van der Waals surface area contributed by atoms with E-state index in [-0.39, 0.29) is 0 Å². The number of halogens is 1. The Labute approximate surface area is 122 Å². The Kier molecular flexibility index (Phi) is 3.65. The van der Waals surface area contributed by atoms with Gasteiger partial charge in [0, 0.05) is 0 Å². The van der Waals surface area contributed by atoms with Gasteiger partial charge in [-0.1, -0.05) is 6.42 Å². The Hall–Kier alpha value is -1.03. The summed E-state index contributed by atoms with van der Waals surface area (Å²) in [4.78, 5) is 11.7. The third kappa shape index (κ3) is 1.88. The van der Waals surface area contributed by atoms with Crippen LogP contribution in [0.1, 0.15) is 41.5 Å². The molecule has 0 aliphatic heterocycles. The minimum atomic E-state index is -0.707. The van der Waals surface area contributed by atoms with Gasteiger partial charge in [0.2, 0.25) is 0 Å². The average molecular weight is 327 g/mol. The molecule has 0 amide bonds. The molecule has 2 rings (SSSR count). The van der Waals surface area contributed by atoms with Crippen molar-refractivity contribution in [2.24, 2.45) is 0 Å². The van der Waals surface area contributed by atoms with E-state index in [1.54, 1.807) is 7.11 Å². The lowest BCUT2D eigenvalue weighted by Gasteiger charge is -2.41. The smallest absolute Gasteiger partial charge is 0.314 e. The van der Waals surface area contributed by atoms with Gasteiger partial charge in [0.25, 0.3) is 0 Å². The molecule has 3 nitrogen and oxygen atoms in total. The first-order valence-electron chi connectivity index (χ1n) is 6.44. The summed E-state index contributed by atoms with van der Waals surface area (Å²) >= 11 is 3.55. The average Bonchev–Trinajstić information content (AvgIpc) is 2.30. The molecule has 0 spiro atoms. The summed E-state index contributed by atoms with van der Waals surface area (Å²) in [6.45, 7) is 5.95. The molecule has 0 unspecified atom stereocenters. The number of carbonyl (C=O) groups is 1. The van der Waals surface area contributed by atoms with Crippen molar-refractivity contribution in [1.82, 2.24) is 0 Å². The molecule has 104 valence electrons. The van der Waals surface area contributed by atoms with E-state index in [0.717, 1.165) is 51.7 Å². The molecule has 1 fully saturated rings. The van der Waals surface area contributed by atoms with Crippen LogP contribution in [0.2, 0.25) is 0 Å². The molecular weight excluding hydrogens is 308 g/mol. The number of hydrogen-bond acceptors (Lipinski definition) is 2. The number of carboxylic acids is 1. The fourth-order valence-electron chi connectivity index (χ4n) is 3.15. The quantitative estimate of drug-likeness (QED) is 0.916. The third-order valence-electron chi connectivity index (χ3n) is 4.48. The highest BCUT2D eigenvalue weighted by Gasteiger charge is 2.48. The van der Waals surface area contributed by atoms with Crippen molar-refractivity contribution < 1.29 is 14.6 Å². The molecule has 0 aromatic heterocycles. The molecule has 1 saturated carbocycles. The van der Waals surface area contributed by atoms with Crippen LogP contribution in [0.3, 0.4) is 0 Å². The van der Waals surface area contributed by atoms with Crippen LogP contribution < -0.4 is 4.74 Å². The van der Waals surface area contributed by atoms with Crippen molar-refractivity contribution in [2.45, 2.75) is 45.4 Å². The molecule has 1 N–H and O–H groups in total. The minimum Gasteiger partial charge on any atom is -0.495 e. The van der Waals surface area contributed by atoms with Gasteiger partial charge in [0.05, 0.1) is 17.0 Å². The molecule has 0 saturated heterocycles. The van der Waals surface area contributed by atoms with E-state index < -0.39 is 11.4 Å². The summed E-state index contributed by atoms with van der Waals surface area (Å²) in [6, 6.07) is 0.